The molecule has 0 bridgehead atoms. The molecule has 0 aromatic carbocycles. The molecular weight excluding hydrogens is 301 g/mol. The molecule has 0 spiro atoms. The minimum absolute atomic E-state index is 0.280. The fourth-order valence-electron chi connectivity index (χ4n) is 2.13. The molecule has 1 aliphatic carbocycles. The zero-order valence-corrected chi connectivity index (χ0v) is 12.1. The first-order valence-electron chi connectivity index (χ1n) is 6.18. The number of nitrogens with zero attached hydrogens (tertiary/aromatic N) is 2. The maximum atomic E-state index is 13.5. The standard InChI is InChI=1S/C12H12FN3O2S2/c13-8-4-3-7-14-11(8)20(17,18)16-12-15-9-5-1-2-6-10(9)19-12/h3-4,7H,1-2,5-6H2,(H,15,16). The molecule has 0 saturated carbocycles. The molecule has 0 unspecified atom stereocenters. The Labute approximate surface area is 119 Å². The monoisotopic (exact) mass is 313 g/mol. The lowest BCUT2D eigenvalue weighted by atomic mass is 10.0. The number of hydrogen-bond donors (Lipinski definition) is 1. The van der Waals surface area contributed by atoms with Gasteiger partial charge in [-0.25, -0.2) is 14.4 Å². The molecule has 0 atom stereocenters. The van der Waals surface area contributed by atoms with Crippen molar-refractivity contribution in [3.8, 4) is 0 Å². The van der Waals surface area contributed by atoms with E-state index in [-0.39, 0.29) is 5.13 Å². The van der Waals surface area contributed by atoms with Gasteiger partial charge in [0.15, 0.2) is 10.9 Å². The third kappa shape index (κ3) is 2.53. The van der Waals surface area contributed by atoms with Gasteiger partial charge in [0.1, 0.15) is 0 Å². The fraction of sp³-hybridized carbons (Fsp3) is 0.333. The van der Waals surface area contributed by atoms with Crippen LogP contribution in [-0.2, 0) is 22.9 Å². The summed E-state index contributed by atoms with van der Waals surface area (Å²) in [7, 11) is -4.03. The van der Waals surface area contributed by atoms with Crippen molar-refractivity contribution in [2.75, 3.05) is 4.72 Å². The van der Waals surface area contributed by atoms with E-state index in [1.807, 2.05) is 0 Å². The number of hydrogen-bond acceptors (Lipinski definition) is 5. The van der Waals surface area contributed by atoms with Crippen molar-refractivity contribution in [1.82, 2.24) is 9.97 Å². The van der Waals surface area contributed by atoms with E-state index < -0.39 is 20.9 Å². The highest BCUT2D eigenvalue weighted by Gasteiger charge is 2.23. The van der Waals surface area contributed by atoms with Crippen LogP contribution in [0.2, 0.25) is 0 Å². The van der Waals surface area contributed by atoms with Crippen LogP contribution in [0.15, 0.2) is 23.4 Å². The van der Waals surface area contributed by atoms with Crippen LogP contribution < -0.4 is 4.72 Å². The number of sulfonamides is 1. The number of fused-ring (bicyclic) bond motifs is 1. The Kier molecular flexibility index (Phi) is 3.43. The predicted molar refractivity (Wildman–Crippen MR) is 73.8 cm³/mol. The van der Waals surface area contributed by atoms with Crippen molar-refractivity contribution in [2.24, 2.45) is 0 Å². The minimum Gasteiger partial charge on any atom is -0.253 e. The van der Waals surface area contributed by atoms with Crippen molar-refractivity contribution in [3.63, 3.8) is 0 Å². The Hall–Kier alpha value is -1.54. The van der Waals surface area contributed by atoms with Gasteiger partial charge >= 0.3 is 0 Å². The normalized spacial score (nSPS) is 14.8. The van der Waals surface area contributed by atoms with Crippen LogP contribution in [0.5, 0.6) is 0 Å². The quantitative estimate of drug-likeness (QED) is 0.944. The summed E-state index contributed by atoms with van der Waals surface area (Å²) >= 11 is 1.31. The predicted octanol–water partition coefficient (Wildman–Crippen LogP) is 2.36. The number of aryl methyl sites for hydroxylation is 2. The molecule has 0 aliphatic heterocycles. The summed E-state index contributed by atoms with van der Waals surface area (Å²) < 4.78 is 40.0. The van der Waals surface area contributed by atoms with E-state index in [4.69, 9.17) is 0 Å². The molecule has 2 aromatic rings. The number of nitrogens with one attached hydrogen (secondary N) is 1. The van der Waals surface area contributed by atoms with E-state index in [9.17, 15) is 12.8 Å². The molecule has 106 valence electrons. The van der Waals surface area contributed by atoms with Gasteiger partial charge in [0, 0.05) is 11.1 Å². The van der Waals surface area contributed by atoms with E-state index in [2.05, 4.69) is 14.7 Å². The number of thiazole rings is 1. The molecule has 8 heteroatoms. The summed E-state index contributed by atoms with van der Waals surface area (Å²) in [5.41, 5.74) is 0.945. The average Bonchev–Trinajstić information content (AvgIpc) is 2.80. The lowest BCUT2D eigenvalue weighted by molar-refractivity contribution is 0.557. The second kappa shape index (κ2) is 5.10. The summed E-state index contributed by atoms with van der Waals surface area (Å²) in [5.74, 6) is -0.874. The molecule has 3 rings (SSSR count). The number of halogens is 1. The second-order valence-corrected chi connectivity index (χ2v) is 7.17. The Morgan fingerprint density at radius 2 is 2.10 bits per heavy atom. The average molecular weight is 313 g/mol. The molecule has 0 amide bonds. The highest BCUT2D eigenvalue weighted by atomic mass is 32.2. The zero-order valence-electron chi connectivity index (χ0n) is 10.5. The molecule has 20 heavy (non-hydrogen) atoms. The van der Waals surface area contributed by atoms with Gasteiger partial charge in [-0.3, -0.25) is 4.72 Å². The first-order valence-corrected chi connectivity index (χ1v) is 8.48. The van der Waals surface area contributed by atoms with E-state index >= 15 is 0 Å². The summed E-state index contributed by atoms with van der Waals surface area (Å²) in [5, 5.41) is -0.324. The molecule has 1 aliphatic rings. The van der Waals surface area contributed by atoms with Gasteiger partial charge < -0.3 is 0 Å². The SMILES string of the molecule is O=S(=O)(Nc1nc2c(s1)CCCC2)c1ncccc1F. The van der Waals surface area contributed by atoms with Crippen molar-refractivity contribution >= 4 is 26.5 Å². The molecule has 0 fully saturated rings. The van der Waals surface area contributed by atoms with Gasteiger partial charge in [0.05, 0.1) is 5.69 Å². The number of anilines is 1. The summed E-state index contributed by atoms with van der Waals surface area (Å²) in [6.45, 7) is 0. The Morgan fingerprint density at radius 3 is 2.85 bits per heavy atom. The van der Waals surface area contributed by atoms with Crippen molar-refractivity contribution in [1.29, 1.82) is 0 Å². The maximum Gasteiger partial charge on any atom is 0.284 e. The summed E-state index contributed by atoms with van der Waals surface area (Å²) in [4.78, 5) is 8.96. The Morgan fingerprint density at radius 1 is 1.30 bits per heavy atom. The van der Waals surface area contributed by atoms with Gasteiger partial charge in [0.2, 0.25) is 5.03 Å². The number of aromatic nitrogens is 2. The zero-order chi connectivity index (χ0) is 14.2. The summed E-state index contributed by atoms with van der Waals surface area (Å²) in [6.07, 6.45) is 5.19. The van der Waals surface area contributed by atoms with Gasteiger partial charge in [-0.15, -0.1) is 11.3 Å². The van der Waals surface area contributed by atoms with E-state index in [1.54, 1.807) is 0 Å². The lowest BCUT2D eigenvalue weighted by Crippen LogP contribution is -2.16. The maximum absolute atomic E-state index is 13.5. The molecule has 2 aromatic heterocycles. The fourth-order valence-corrected chi connectivity index (χ4v) is 4.42. The van der Waals surface area contributed by atoms with Crippen molar-refractivity contribution < 1.29 is 12.8 Å². The first kappa shape index (κ1) is 13.4. The van der Waals surface area contributed by atoms with Crippen LogP contribution in [0.3, 0.4) is 0 Å². The lowest BCUT2D eigenvalue weighted by Gasteiger charge is -2.06. The van der Waals surface area contributed by atoms with Crippen molar-refractivity contribution in [2.45, 2.75) is 30.7 Å². The van der Waals surface area contributed by atoms with Gasteiger partial charge in [-0.2, -0.15) is 8.42 Å². The number of rotatable bonds is 3. The molecule has 5 nitrogen and oxygen atoms in total. The minimum atomic E-state index is -4.03. The molecule has 1 N–H and O–H groups in total. The largest absolute Gasteiger partial charge is 0.284 e. The van der Waals surface area contributed by atoms with Crippen molar-refractivity contribution in [3.05, 3.63) is 34.7 Å². The van der Waals surface area contributed by atoms with Gasteiger partial charge in [0.25, 0.3) is 10.0 Å². The molecule has 0 saturated heterocycles. The van der Waals surface area contributed by atoms with E-state index in [1.165, 1.54) is 23.6 Å². The van der Waals surface area contributed by atoms with E-state index in [0.717, 1.165) is 42.3 Å². The molecule has 2 heterocycles. The van der Waals surface area contributed by atoms with Gasteiger partial charge in [-0.1, -0.05) is 0 Å². The molecular formula is C12H12FN3O2S2. The Balaban J connectivity index is 1.90. The molecule has 0 radical (unpaired) electrons. The van der Waals surface area contributed by atoms with Gasteiger partial charge in [-0.05, 0) is 37.8 Å². The topological polar surface area (TPSA) is 72.0 Å². The smallest absolute Gasteiger partial charge is 0.253 e. The number of pyridine rings is 1. The highest BCUT2D eigenvalue weighted by Crippen LogP contribution is 2.30. The van der Waals surface area contributed by atoms with Crippen LogP contribution in [0.1, 0.15) is 23.4 Å². The summed E-state index contributed by atoms with van der Waals surface area (Å²) in [6, 6.07) is 2.41. The van der Waals surface area contributed by atoms with Crippen LogP contribution in [0, 0.1) is 5.82 Å². The van der Waals surface area contributed by atoms with E-state index in [0.29, 0.717) is 0 Å². The Bertz CT molecular complexity index is 719. The van der Waals surface area contributed by atoms with Crippen LogP contribution in [0.25, 0.3) is 0 Å². The third-order valence-electron chi connectivity index (χ3n) is 3.05. The van der Waals surface area contributed by atoms with Crippen LogP contribution in [-0.4, -0.2) is 18.4 Å². The van der Waals surface area contributed by atoms with Crippen LogP contribution >= 0.6 is 11.3 Å². The van der Waals surface area contributed by atoms with Crippen LogP contribution in [0.4, 0.5) is 9.52 Å². The first-order chi connectivity index (χ1) is 9.56. The second-order valence-electron chi connectivity index (χ2n) is 4.49. The highest BCUT2D eigenvalue weighted by molar-refractivity contribution is 7.92. The third-order valence-corrected chi connectivity index (χ3v) is 5.52.